The molecule has 1 aromatic carbocycles. The molecule has 17 heavy (non-hydrogen) atoms. The third kappa shape index (κ3) is 1.89. The van der Waals surface area contributed by atoms with Crippen LogP contribution in [0, 0.1) is 5.82 Å². The number of rotatable bonds is 2. The van der Waals surface area contributed by atoms with Gasteiger partial charge in [0.2, 0.25) is 5.78 Å². The molecule has 0 aliphatic heterocycles. The average molecular weight is 254 g/mol. The SMILES string of the molecule is Cn1ncc(Cl)c1C(=O)c1cccc(F)c1N. The van der Waals surface area contributed by atoms with Crippen LogP contribution in [0.1, 0.15) is 16.1 Å². The van der Waals surface area contributed by atoms with E-state index < -0.39 is 11.6 Å². The number of carbonyl (C=O) groups excluding carboxylic acids is 1. The van der Waals surface area contributed by atoms with E-state index in [1.54, 1.807) is 7.05 Å². The summed E-state index contributed by atoms with van der Waals surface area (Å²) in [5.74, 6) is -1.08. The Balaban J connectivity index is 2.55. The predicted molar refractivity (Wildman–Crippen MR) is 62.5 cm³/mol. The molecule has 0 bridgehead atoms. The highest BCUT2D eigenvalue weighted by Gasteiger charge is 2.20. The summed E-state index contributed by atoms with van der Waals surface area (Å²) < 4.78 is 14.6. The van der Waals surface area contributed by atoms with Gasteiger partial charge in [-0.3, -0.25) is 9.48 Å². The Morgan fingerprint density at radius 2 is 2.24 bits per heavy atom. The second kappa shape index (κ2) is 4.18. The molecule has 0 atom stereocenters. The number of benzene rings is 1. The molecule has 0 spiro atoms. The number of aromatic nitrogens is 2. The van der Waals surface area contributed by atoms with Gasteiger partial charge in [0.1, 0.15) is 11.5 Å². The first kappa shape index (κ1) is 11.6. The molecular formula is C11H9ClFN3O. The lowest BCUT2D eigenvalue weighted by molar-refractivity contribution is 0.103. The van der Waals surface area contributed by atoms with Gasteiger partial charge in [-0.15, -0.1) is 0 Å². The highest BCUT2D eigenvalue weighted by molar-refractivity contribution is 6.34. The third-order valence-electron chi connectivity index (χ3n) is 2.41. The van der Waals surface area contributed by atoms with Crippen LogP contribution in [0.25, 0.3) is 0 Å². The van der Waals surface area contributed by atoms with Crippen LogP contribution in [0.3, 0.4) is 0 Å². The molecule has 0 aliphatic rings. The van der Waals surface area contributed by atoms with Gasteiger partial charge >= 0.3 is 0 Å². The Labute approximate surface area is 102 Å². The first-order chi connectivity index (χ1) is 8.02. The molecule has 4 nitrogen and oxygen atoms in total. The van der Waals surface area contributed by atoms with Crippen LogP contribution >= 0.6 is 11.6 Å². The molecule has 2 aromatic rings. The van der Waals surface area contributed by atoms with Gasteiger partial charge in [-0.25, -0.2) is 4.39 Å². The topological polar surface area (TPSA) is 60.9 Å². The highest BCUT2D eigenvalue weighted by Crippen LogP contribution is 2.23. The minimum absolute atomic E-state index is 0.0792. The number of carbonyl (C=O) groups is 1. The molecule has 2 N–H and O–H groups in total. The second-order valence-electron chi connectivity index (χ2n) is 3.49. The highest BCUT2D eigenvalue weighted by atomic mass is 35.5. The molecule has 1 heterocycles. The zero-order valence-electron chi connectivity index (χ0n) is 8.95. The van der Waals surface area contributed by atoms with Gasteiger partial charge < -0.3 is 5.73 Å². The van der Waals surface area contributed by atoms with Crippen LogP contribution in [0.15, 0.2) is 24.4 Å². The number of hydrogen-bond acceptors (Lipinski definition) is 3. The number of ketones is 1. The maximum Gasteiger partial charge on any atom is 0.214 e. The van der Waals surface area contributed by atoms with Crippen molar-refractivity contribution in [2.75, 3.05) is 5.73 Å². The molecule has 0 saturated heterocycles. The van der Waals surface area contributed by atoms with Crippen molar-refractivity contribution in [3.63, 3.8) is 0 Å². The van der Waals surface area contributed by atoms with E-state index in [-0.39, 0.29) is 22.0 Å². The number of nitrogens with two attached hydrogens (primary N) is 1. The largest absolute Gasteiger partial charge is 0.396 e. The Hall–Kier alpha value is -1.88. The number of nitrogen functional groups attached to an aromatic ring is 1. The van der Waals surface area contributed by atoms with Gasteiger partial charge in [-0.2, -0.15) is 5.10 Å². The van der Waals surface area contributed by atoms with Crippen LogP contribution in [-0.2, 0) is 7.05 Å². The van der Waals surface area contributed by atoms with Crippen LogP contribution in [0.5, 0.6) is 0 Å². The van der Waals surface area contributed by atoms with Crippen molar-refractivity contribution in [2.24, 2.45) is 7.05 Å². The summed E-state index contributed by atoms with van der Waals surface area (Å²) in [6.45, 7) is 0. The van der Waals surface area contributed by atoms with Crippen molar-refractivity contribution >= 4 is 23.1 Å². The molecule has 0 radical (unpaired) electrons. The zero-order valence-corrected chi connectivity index (χ0v) is 9.70. The molecule has 0 saturated carbocycles. The van der Waals surface area contributed by atoms with E-state index in [9.17, 15) is 9.18 Å². The van der Waals surface area contributed by atoms with Crippen molar-refractivity contribution in [3.8, 4) is 0 Å². The Bertz CT molecular complexity index is 575. The maximum atomic E-state index is 13.2. The zero-order chi connectivity index (χ0) is 12.6. The summed E-state index contributed by atoms with van der Waals surface area (Å²) >= 11 is 5.84. The fourth-order valence-electron chi connectivity index (χ4n) is 1.53. The number of hydrogen-bond donors (Lipinski definition) is 1. The third-order valence-corrected chi connectivity index (χ3v) is 2.68. The van der Waals surface area contributed by atoms with Crippen LogP contribution in [-0.4, -0.2) is 15.6 Å². The van der Waals surface area contributed by atoms with E-state index in [0.717, 1.165) is 0 Å². The van der Waals surface area contributed by atoms with Gasteiger partial charge in [-0.1, -0.05) is 17.7 Å². The van der Waals surface area contributed by atoms with Crippen molar-refractivity contribution in [2.45, 2.75) is 0 Å². The van der Waals surface area contributed by atoms with Crippen molar-refractivity contribution in [1.82, 2.24) is 9.78 Å². The fourth-order valence-corrected chi connectivity index (χ4v) is 1.78. The van der Waals surface area contributed by atoms with Crippen molar-refractivity contribution in [1.29, 1.82) is 0 Å². The van der Waals surface area contributed by atoms with Gasteiger partial charge in [0.15, 0.2) is 0 Å². The van der Waals surface area contributed by atoms with Crippen molar-refractivity contribution in [3.05, 3.63) is 46.5 Å². The molecule has 88 valence electrons. The molecule has 6 heteroatoms. The van der Waals surface area contributed by atoms with Gasteiger partial charge in [0.05, 0.1) is 22.5 Å². The molecule has 0 fully saturated rings. The lowest BCUT2D eigenvalue weighted by atomic mass is 10.1. The monoisotopic (exact) mass is 253 g/mol. The minimum atomic E-state index is -0.630. The molecular weight excluding hydrogens is 245 g/mol. The summed E-state index contributed by atoms with van der Waals surface area (Å²) in [6.07, 6.45) is 1.35. The van der Waals surface area contributed by atoms with Gasteiger partial charge in [0.25, 0.3) is 0 Å². The summed E-state index contributed by atoms with van der Waals surface area (Å²) in [4.78, 5) is 12.1. The van der Waals surface area contributed by atoms with Gasteiger partial charge in [-0.05, 0) is 12.1 Å². The van der Waals surface area contributed by atoms with Crippen LogP contribution < -0.4 is 5.73 Å². The molecule has 1 aromatic heterocycles. The van der Waals surface area contributed by atoms with E-state index in [4.69, 9.17) is 17.3 Å². The lowest BCUT2D eigenvalue weighted by Gasteiger charge is -2.06. The van der Waals surface area contributed by atoms with Crippen LogP contribution in [0.2, 0.25) is 5.02 Å². The predicted octanol–water partition coefficient (Wildman–Crippen LogP) is 2.03. The van der Waals surface area contributed by atoms with E-state index in [2.05, 4.69) is 5.10 Å². The molecule has 2 rings (SSSR count). The minimum Gasteiger partial charge on any atom is -0.396 e. The second-order valence-corrected chi connectivity index (χ2v) is 3.90. The Morgan fingerprint density at radius 1 is 1.53 bits per heavy atom. The van der Waals surface area contributed by atoms with Crippen LogP contribution in [0.4, 0.5) is 10.1 Å². The Morgan fingerprint density at radius 3 is 2.82 bits per heavy atom. The first-order valence-corrected chi connectivity index (χ1v) is 5.16. The molecule has 0 amide bonds. The summed E-state index contributed by atoms with van der Waals surface area (Å²) in [6, 6.07) is 4.06. The summed E-state index contributed by atoms with van der Waals surface area (Å²) in [5.41, 5.74) is 5.60. The standard InChI is InChI=1S/C11H9ClFN3O/c1-16-10(7(12)5-15-16)11(17)6-3-2-4-8(13)9(6)14/h2-5H,14H2,1H3. The number of halogens is 2. The quantitative estimate of drug-likeness (QED) is 0.658. The van der Waals surface area contributed by atoms with Crippen molar-refractivity contribution < 1.29 is 9.18 Å². The summed E-state index contributed by atoms with van der Waals surface area (Å²) in [5, 5.41) is 4.05. The van der Waals surface area contributed by atoms with E-state index in [0.29, 0.717) is 0 Å². The normalized spacial score (nSPS) is 10.5. The average Bonchev–Trinajstić information content (AvgIpc) is 2.62. The smallest absolute Gasteiger partial charge is 0.214 e. The number of aryl methyl sites for hydroxylation is 1. The van der Waals surface area contributed by atoms with E-state index in [1.165, 1.54) is 29.1 Å². The maximum absolute atomic E-state index is 13.2. The van der Waals surface area contributed by atoms with Gasteiger partial charge in [0, 0.05) is 7.05 Å². The van der Waals surface area contributed by atoms with E-state index >= 15 is 0 Å². The number of anilines is 1. The molecule has 0 aliphatic carbocycles. The number of nitrogens with zero attached hydrogens (tertiary/aromatic N) is 2. The Kier molecular flexibility index (Phi) is 2.85. The summed E-state index contributed by atoms with van der Waals surface area (Å²) in [7, 11) is 1.58. The molecule has 0 unspecified atom stereocenters. The fraction of sp³-hybridized carbons (Fsp3) is 0.0909. The van der Waals surface area contributed by atoms with E-state index in [1.807, 2.05) is 0 Å². The first-order valence-electron chi connectivity index (χ1n) is 4.78. The lowest BCUT2D eigenvalue weighted by Crippen LogP contribution is -2.11. The number of para-hydroxylation sites is 1.